The number of rotatable bonds is 5. The summed E-state index contributed by atoms with van der Waals surface area (Å²) >= 11 is 0. The van der Waals surface area contributed by atoms with Crippen LogP contribution in [0.3, 0.4) is 0 Å². The van der Waals surface area contributed by atoms with E-state index in [1.165, 1.54) is 17.7 Å². The van der Waals surface area contributed by atoms with E-state index in [0.29, 0.717) is 6.54 Å². The first-order valence-corrected chi connectivity index (χ1v) is 6.23. The van der Waals surface area contributed by atoms with Crippen LogP contribution in [0.1, 0.15) is 30.2 Å². The molecular formula is C13H21N3O. The van der Waals surface area contributed by atoms with Crippen LogP contribution in [0.2, 0.25) is 0 Å². The Bertz CT molecular complexity index is 392. The van der Waals surface area contributed by atoms with Gasteiger partial charge >= 0.3 is 0 Å². The van der Waals surface area contributed by atoms with E-state index < -0.39 is 0 Å². The molecule has 0 saturated carbocycles. The molecular weight excluding hydrogens is 214 g/mol. The number of nitrogens with zero attached hydrogens (tertiary/aromatic N) is 1. The zero-order valence-corrected chi connectivity index (χ0v) is 10.6. The fourth-order valence-corrected chi connectivity index (χ4v) is 2.15. The number of hydrogen-bond donors (Lipinski definition) is 2. The van der Waals surface area contributed by atoms with Crippen LogP contribution in [-0.4, -0.2) is 24.7 Å². The summed E-state index contributed by atoms with van der Waals surface area (Å²) in [6, 6.07) is 2.20. The van der Waals surface area contributed by atoms with Crippen LogP contribution in [0.15, 0.2) is 6.07 Å². The van der Waals surface area contributed by atoms with Crippen LogP contribution >= 0.6 is 0 Å². The molecule has 1 aromatic rings. The fraction of sp³-hybridized carbons (Fsp3) is 0.615. The van der Waals surface area contributed by atoms with Gasteiger partial charge in [0.15, 0.2) is 0 Å². The molecule has 1 heterocycles. The zero-order valence-electron chi connectivity index (χ0n) is 10.6. The maximum absolute atomic E-state index is 5.77. The highest BCUT2D eigenvalue weighted by molar-refractivity contribution is 5.48. The van der Waals surface area contributed by atoms with Gasteiger partial charge in [0.25, 0.3) is 0 Å². The number of nitrogens with one attached hydrogen (secondary N) is 1. The molecule has 0 saturated heterocycles. The second kappa shape index (κ2) is 5.47. The van der Waals surface area contributed by atoms with Gasteiger partial charge in [0, 0.05) is 31.5 Å². The second-order valence-electron chi connectivity index (χ2n) is 4.59. The van der Waals surface area contributed by atoms with Crippen molar-refractivity contribution in [1.29, 1.82) is 0 Å². The maximum Gasteiger partial charge on any atom is 0.130 e. The van der Waals surface area contributed by atoms with E-state index in [2.05, 4.69) is 16.4 Å². The molecule has 4 heteroatoms. The predicted molar refractivity (Wildman–Crippen MR) is 69.1 cm³/mol. The molecule has 4 nitrogen and oxygen atoms in total. The highest BCUT2D eigenvalue weighted by Gasteiger charge is 2.15. The van der Waals surface area contributed by atoms with Crippen molar-refractivity contribution < 1.29 is 4.74 Å². The lowest BCUT2D eigenvalue weighted by Crippen LogP contribution is -2.20. The molecule has 0 aliphatic heterocycles. The van der Waals surface area contributed by atoms with Gasteiger partial charge in [-0.3, -0.25) is 0 Å². The normalized spacial score (nSPS) is 15.7. The smallest absolute Gasteiger partial charge is 0.130 e. The molecule has 0 bridgehead atoms. The number of pyridine rings is 1. The van der Waals surface area contributed by atoms with E-state index in [9.17, 15) is 0 Å². The minimum atomic E-state index is 0.177. The number of aryl methyl sites for hydroxylation is 2. The summed E-state index contributed by atoms with van der Waals surface area (Å²) in [6.45, 7) is 3.32. The summed E-state index contributed by atoms with van der Waals surface area (Å²) < 4.78 is 5.22. The van der Waals surface area contributed by atoms with Gasteiger partial charge < -0.3 is 15.8 Å². The molecule has 0 radical (unpaired) electrons. The third-order valence-corrected chi connectivity index (χ3v) is 3.31. The molecule has 1 aliphatic rings. The Morgan fingerprint density at radius 2 is 2.35 bits per heavy atom. The predicted octanol–water partition coefficient (Wildman–Crippen LogP) is 1.48. The molecule has 1 atom stereocenters. The Morgan fingerprint density at radius 3 is 3.06 bits per heavy atom. The second-order valence-corrected chi connectivity index (χ2v) is 4.59. The van der Waals surface area contributed by atoms with E-state index in [1.54, 1.807) is 7.11 Å². The van der Waals surface area contributed by atoms with E-state index in [-0.39, 0.29) is 6.10 Å². The molecule has 1 unspecified atom stereocenters. The van der Waals surface area contributed by atoms with E-state index in [1.807, 2.05) is 6.92 Å². The minimum Gasteiger partial charge on any atom is -0.380 e. The molecule has 0 spiro atoms. The molecule has 3 N–H and O–H groups in total. The van der Waals surface area contributed by atoms with Crippen LogP contribution in [-0.2, 0) is 24.1 Å². The molecule has 2 rings (SSSR count). The van der Waals surface area contributed by atoms with Crippen LogP contribution in [0.4, 0.5) is 5.82 Å². The number of hydrogen-bond acceptors (Lipinski definition) is 4. The quantitative estimate of drug-likeness (QED) is 0.811. The molecule has 94 valence electrons. The summed E-state index contributed by atoms with van der Waals surface area (Å²) in [5.41, 5.74) is 9.48. The molecule has 0 amide bonds. The average Bonchev–Trinajstić information content (AvgIpc) is 2.81. The van der Waals surface area contributed by atoms with E-state index in [4.69, 9.17) is 10.5 Å². The van der Waals surface area contributed by atoms with Crippen LogP contribution in [0, 0.1) is 0 Å². The van der Waals surface area contributed by atoms with Gasteiger partial charge in [-0.15, -0.1) is 0 Å². The van der Waals surface area contributed by atoms with E-state index >= 15 is 0 Å². The summed E-state index contributed by atoms with van der Waals surface area (Å²) in [7, 11) is 1.71. The van der Waals surface area contributed by atoms with Crippen molar-refractivity contribution >= 4 is 5.82 Å². The molecule has 17 heavy (non-hydrogen) atoms. The Kier molecular flexibility index (Phi) is 3.97. The third-order valence-electron chi connectivity index (χ3n) is 3.31. The van der Waals surface area contributed by atoms with Gasteiger partial charge in [-0.1, -0.05) is 0 Å². The lowest BCUT2D eigenvalue weighted by atomic mass is 10.1. The van der Waals surface area contributed by atoms with Crippen LogP contribution < -0.4 is 11.1 Å². The van der Waals surface area contributed by atoms with Crippen LogP contribution in [0.5, 0.6) is 0 Å². The van der Waals surface area contributed by atoms with Gasteiger partial charge in [0.05, 0.1) is 6.10 Å². The summed E-state index contributed by atoms with van der Waals surface area (Å²) in [5, 5.41) is 3.33. The standard InChI is InChI=1S/C13H21N3O/c1-9(17-2)8-15-13-11(7-14)6-10-4-3-5-12(10)16-13/h6,9H,3-5,7-8,14H2,1-2H3,(H,15,16). The first kappa shape index (κ1) is 12.3. The van der Waals surface area contributed by atoms with Gasteiger partial charge in [0.2, 0.25) is 0 Å². The van der Waals surface area contributed by atoms with Crippen molar-refractivity contribution in [2.24, 2.45) is 5.73 Å². The number of methoxy groups -OCH3 is 1. The van der Waals surface area contributed by atoms with Crippen molar-refractivity contribution in [3.63, 3.8) is 0 Å². The number of ether oxygens (including phenoxy) is 1. The number of fused-ring (bicyclic) bond motifs is 1. The summed E-state index contributed by atoms with van der Waals surface area (Å²) in [5.74, 6) is 0.928. The third kappa shape index (κ3) is 2.76. The lowest BCUT2D eigenvalue weighted by Gasteiger charge is -2.15. The fourth-order valence-electron chi connectivity index (χ4n) is 2.15. The highest BCUT2D eigenvalue weighted by Crippen LogP contribution is 2.25. The summed E-state index contributed by atoms with van der Waals surface area (Å²) in [4.78, 5) is 4.68. The zero-order chi connectivity index (χ0) is 12.3. The molecule has 0 aromatic carbocycles. The van der Waals surface area contributed by atoms with Gasteiger partial charge in [-0.25, -0.2) is 4.98 Å². The van der Waals surface area contributed by atoms with Crippen molar-refractivity contribution in [3.8, 4) is 0 Å². The highest BCUT2D eigenvalue weighted by atomic mass is 16.5. The summed E-state index contributed by atoms with van der Waals surface area (Å²) in [6.07, 6.45) is 3.62. The number of anilines is 1. The molecule has 0 fully saturated rings. The largest absolute Gasteiger partial charge is 0.380 e. The SMILES string of the molecule is COC(C)CNc1nc2c(cc1CN)CCC2. The van der Waals surface area contributed by atoms with Gasteiger partial charge in [-0.05, 0) is 37.8 Å². The maximum atomic E-state index is 5.77. The van der Waals surface area contributed by atoms with Crippen molar-refractivity contribution in [3.05, 3.63) is 22.9 Å². The number of nitrogens with two attached hydrogens (primary N) is 1. The average molecular weight is 235 g/mol. The van der Waals surface area contributed by atoms with Gasteiger partial charge in [-0.2, -0.15) is 0 Å². The first-order valence-electron chi connectivity index (χ1n) is 6.23. The van der Waals surface area contributed by atoms with Crippen molar-refractivity contribution in [1.82, 2.24) is 4.98 Å². The minimum absolute atomic E-state index is 0.177. The Balaban J connectivity index is 2.15. The Morgan fingerprint density at radius 1 is 1.53 bits per heavy atom. The molecule has 1 aliphatic carbocycles. The topological polar surface area (TPSA) is 60.2 Å². The Labute approximate surface area is 103 Å². The Hall–Kier alpha value is -1.13. The number of aromatic nitrogens is 1. The van der Waals surface area contributed by atoms with Crippen LogP contribution in [0.25, 0.3) is 0 Å². The van der Waals surface area contributed by atoms with Gasteiger partial charge in [0.1, 0.15) is 5.82 Å². The monoisotopic (exact) mass is 235 g/mol. The van der Waals surface area contributed by atoms with Crippen molar-refractivity contribution in [2.75, 3.05) is 19.0 Å². The van der Waals surface area contributed by atoms with E-state index in [0.717, 1.165) is 30.8 Å². The molecule has 1 aromatic heterocycles. The van der Waals surface area contributed by atoms with Crippen molar-refractivity contribution in [2.45, 2.75) is 38.8 Å². The lowest BCUT2D eigenvalue weighted by molar-refractivity contribution is 0.128. The first-order chi connectivity index (χ1) is 8.24.